The van der Waals surface area contributed by atoms with Crippen molar-refractivity contribution < 1.29 is 37.7 Å². The van der Waals surface area contributed by atoms with E-state index in [0.29, 0.717) is 27.1 Å². The quantitative estimate of drug-likeness (QED) is 0.502. The third-order valence-electron chi connectivity index (χ3n) is 3.23. The molecule has 3 aromatic rings. The molecule has 0 saturated carbocycles. The number of nitrogens with one attached hydrogen (secondary N) is 1. The summed E-state index contributed by atoms with van der Waals surface area (Å²) in [5.74, 6) is -2.91. The monoisotopic (exact) mass is 463 g/mol. The molecular weight excluding hydrogens is 454 g/mol. The molecule has 8 nitrogen and oxygen atoms in total. The second-order valence-corrected chi connectivity index (χ2v) is 6.15. The summed E-state index contributed by atoms with van der Waals surface area (Å²) in [5, 5.41) is 26.8. The summed E-state index contributed by atoms with van der Waals surface area (Å²) in [6, 6.07) is 11.7. The van der Waals surface area contributed by atoms with E-state index in [4.69, 9.17) is 42.9 Å². The van der Waals surface area contributed by atoms with Crippen LogP contribution in [-0.2, 0) is 4.79 Å². The molecule has 0 aliphatic carbocycles. The van der Waals surface area contributed by atoms with Crippen LogP contribution in [0.25, 0.3) is 11.3 Å². The Morgan fingerprint density at radius 2 is 1.60 bits per heavy atom. The van der Waals surface area contributed by atoms with E-state index in [1.807, 2.05) is 0 Å². The van der Waals surface area contributed by atoms with E-state index in [1.54, 1.807) is 42.5 Å². The van der Waals surface area contributed by atoms with Crippen molar-refractivity contribution in [3.8, 4) is 22.8 Å². The van der Waals surface area contributed by atoms with Gasteiger partial charge in [0.05, 0.1) is 10.0 Å². The fourth-order valence-electron chi connectivity index (χ4n) is 1.96. The Morgan fingerprint density at radius 3 is 2.17 bits per heavy atom. The van der Waals surface area contributed by atoms with Crippen molar-refractivity contribution in [2.24, 2.45) is 0 Å². The number of ether oxygens (including phenoxy) is 1. The highest BCUT2D eigenvalue weighted by atomic mass is 35.5. The third kappa shape index (κ3) is 6.09. The molecule has 30 heavy (non-hydrogen) atoms. The highest BCUT2D eigenvalue weighted by molar-refractivity contribution is 6.42. The summed E-state index contributed by atoms with van der Waals surface area (Å²) >= 11 is 11.8. The molecular formula is C17H10Cl2F3N3O5. The fraction of sp³-hybridized carbons (Fsp3) is 0.0588. The van der Waals surface area contributed by atoms with Gasteiger partial charge in [-0.05, 0) is 24.3 Å². The van der Waals surface area contributed by atoms with Crippen LogP contribution in [0.3, 0.4) is 0 Å². The van der Waals surface area contributed by atoms with E-state index in [-0.39, 0.29) is 11.4 Å². The molecule has 0 radical (unpaired) electrons. The second-order valence-electron chi connectivity index (χ2n) is 5.33. The number of halogens is 5. The molecule has 0 spiro atoms. The first kappa shape index (κ1) is 23.0. The molecule has 0 amide bonds. The fourth-order valence-corrected chi connectivity index (χ4v) is 2.25. The van der Waals surface area contributed by atoms with Crippen LogP contribution in [0.5, 0.6) is 11.5 Å². The van der Waals surface area contributed by atoms with Crippen LogP contribution in [0.1, 0.15) is 10.5 Å². The molecule has 0 aliphatic rings. The van der Waals surface area contributed by atoms with Crippen molar-refractivity contribution in [2.45, 2.75) is 6.18 Å². The van der Waals surface area contributed by atoms with Crippen molar-refractivity contribution in [1.29, 1.82) is 0 Å². The zero-order valence-corrected chi connectivity index (χ0v) is 16.0. The lowest BCUT2D eigenvalue weighted by Gasteiger charge is -2.08. The van der Waals surface area contributed by atoms with Crippen LogP contribution >= 0.6 is 23.2 Å². The highest BCUT2D eigenvalue weighted by Crippen LogP contribution is 2.31. The van der Waals surface area contributed by atoms with Crippen LogP contribution in [-0.4, -0.2) is 43.7 Å². The first-order chi connectivity index (χ1) is 14.0. The largest absolute Gasteiger partial charge is 0.490 e. The standard InChI is InChI=1S/C15H9Cl2N3O3.C2HF3O2/c16-11-5-4-10(7-12(11)17)23-9-3-1-2-8(6-9)13-14(15(21)22)19-20-18-13;3-2(4,5)1(6)7/h1-7H,(H,21,22)(H,18,19,20);(H,6,7). The van der Waals surface area contributed by atoms with Crippen LogP contribution in [0.4, 0.5) is 13.2 Å². The number of H-pyrrole nitrogens is 1. The molecule has 2 aromatic carbocycles. The van der Waals surface area contributed by atoms with Gasteiger partial charge in [0, 0.05) is 11.6 Å². The van der Waals surface area contributed by atoms with Gasteiger partial charge in [-0.2, -0.15) is 23.5 Å². The summed E-state index contributed by atoms with van der Waals surface area (Å²) in [6.07, 6.45) is -5.08. The van der Waals surface area contributed by atoms with Gasteiger partial charge in [0.2, 0.25) is 0 Å². The smallest absolute Gasteiger partial charge is 0.476 e. The molecule has 3 N–H and O–H groups in total. The van der Waals surface area contributed by atoms with Crippen LogP contribution in [0, 0.1) is 0 Å². The van der Waals surface area contributed by atoms with Gasteiger partial charge in [0.1, 0.15) is 17.2 Å². The first-order valence-electron chi connectivity index (χ1n) is 7.66. The molecule has 0 atom stereocenters. The molecule has 0 unspecified atom stereocenters. The molecule has 1 heterocycles. The van der Waals surface area contributed by atoms with Gasteiger partial charge >= 0.3 is 18.1 Å². The van der Waals surface area contributed by atoms with E-state index in [1.165, 1.54) is 0 Å². The van der Waals surface area contributed by atoms with Gasteiger partial charge in [-0.15, -0.1) is 5.10 Å². The number of alkyl halides is 3. The summed E-state index contributed by atoms with van der Waals surface area (Å²) in [4.78, 5) is 20.0. The van der Waals surface area contributed by atoms with E-state index in [0.717, 1.165) is 0 Å². The van der Waals surface area contributed by atoms with Crippen molar-refractivity contribution in [2.75, 3.05) is 0 Å². The lowest BCUT2D eigenvalue weighted by atomic mass is 10.1. The Balaban J connectivity index is 0.000000396. The Morgan fingerprint density at radius 1 is 0.967 bits per heavy atom. The zero-order chi connectivity index (χ0) is 22.5. The minimum absolute atomic E-state index is 0.156. The average Bonchev–Trinajstić information content (AvgIpc) is 3.15. The molecule has 0 saturated heterocycles. The number of benzene rings is 2. The van der Waals surface area contributed by atoms with Gasteiger partial charge in [-0.1, -0.05) is 35.3 Å². The normalized spacial score (nSPS) is 10.7. The number of hydrogen-bond donors (Lipinski definition) is 3. The third-order valence-corrected chi connectivity index (χ3v) is 3.97. The maximum Gasteiger partial charge on any atom is 0.490 e. The van der Waals surface area contributed by atoms with Gasteiger partial charge in [0.15, 0.2) is 5.69 Å². The van der Waals surface area contributed by atoms with Gasteiger partial charge in [-0.25, -0.2) is 9.59 Å². The number of aromatic nitrogens is 3. The van der Waals surface area contributed by atoms with Crippen molar-refractivity contribution in [1.82, 2.24) is 15.4 Å². The number of aliphatic carboxylic acids is 1. The minimum Gasteiger partial charge on any atom is -0.476 e. The number of carboxylic acids is 2. The number of aromatic amines is 1. The maximum absolute atomic E-state index is 11.1. The number of rotatable bonds is 4. The lowest BCUT2D eigenvalue weighted by molar-refractivity contribution is -0.192. The molecule has 1 aromatic heterocycles. The Kier molecular flexibility index (Phi) is 7.24. The number of carboxylic acid groups (broad SMARTS) is 2. The number of carbonyl (C=O) groups is 2. The molecule has 0 aliphatic heterocycles. The van der Waals surface area contributed by atoms with Crippen molar-refractivity contribution in [3.05, 3.63) is 58.2 Å². The number of nitrogens with zero attached hydrogens (tertiary/aromatic N) is 2. The van der Waals surface area contributed by atoms with E-state index >= 15 is 0 Å². The van der Waals surface area contributed by atoms with Crippen LogP contribution < -0.4 is 4.74 Å². The molecule has 158 valence electrons. The van der Waals surface area contributed by atoms with E-state index in [2.05, 4.69) is 15.4 Å². The zero-order valence-electron chi connectivity index (χ0n) is 14.4. The van der Waals surface area contributed by atoms with Gasteiger partial charge < -0.3 is 14.9 Å². The van der Waals surface area contributed by atoms with E-state index in [9.17, 15) is 18.0 Å². The average molecular weight is 464 g/mol. The summed E-state index contributed by atoms with van der Waals surface area (Å²) in [7, 11) is 0. The SMILES string of the molecule is O=C(O)C(F)(F)F.O=C(O)c1n[nH]nc1-c1cccc(Oc2ccc(Cl)c(Cl)c2)c1. The summed E-state index contributed by atoms with van der Waals surface area (Å²) in [6.45, 7) is 0. The van der Waals surface area contributed by atoms with Gasteiger partial charge in [0.25, 0.3) is 0 Å². The Hall–Kier alpha value is -3.31. The molecule has 0 fully saturated rings. The van der Waals surface area contributed by atoms with Crippen LogP contribution in [0.2, 0.25) is 10.0 Å². The molecule has 0 bridgehead atoms. The van der Waals surface area contributed by atoms with Crippen molar-refractivity contribution >= 4 is 35.1 Å². The summed E-state index contributed by atoms with van der Waals surface area (Å²) in [5.41, 5.74) is 0.641. The molecule has 3 rings (SSSR count). The predicted molar refractivity (Wildman–Crippen MR) is 99.0 cm³/mol. The van der Waals surface area contributed by atoms with E-state index < -0.39 is 18.1 Å². The maximum atomic E-state index is 11.1. The summed E-state index contributed by atoms with van der Waals surface area (Å²) < 4.78 is 37.4. The van der Waals surface area contributed by atoms with Crippen LogP contribution in [0.15, 0.2) is 42.5 Å². The van der Waals surface area contributed by atoms with Crippen molar-refractivity contribution in [3.63, 3.8) is 0 Å². The first-order valence-corrected chi connectivity index (χ1v) is 8.42. The predicted octanol–water partition coefficient (Wildman–Crippen LogP) is 4.90. The Labute approximate surface area is 175 Å². The topological polar surface area (TPSA) is 125 Å². The Bertz CT molecular complexity index is 1070. The highest BCUT2D eigenvalue weighted by Gasteiger charge is 2.38. The van der Waals surface area contributed by atoms with Gasteiger partial charge in [-0.3, -0.25) is 0 Å². The number of hydrogen-bond acceptors (Lipinski definition) is 5. The lowest BCUT2D eigenvalue weighted by Crippen LogP contribution is -2.21. The second kappa shape index (κ2) is 9.46. The number of aromatic carboxylic acids is 1. The minimum atomic E-state index is -5.08. The molecule has 13 heteroatoms.